The van der Waals surface area contributed by atoms with Gasteiger partial charge in [-0.2, -0.15) is 0 Å². The number of hydrogen-bond acceptors (Lipinski definition) is 7. The molecule has 0 aromatic heterocycles. The molecule has 160 valence electrons. The van der Waals surface area contributed by atoms with E-state index in [2.05, 4.69) is 22.9 Å². The summed E-state index contributed by atoms with van der Waals surface area (Å²) in [6, 6.07) is 8.24. The number of esters is 1. The predicted octanol–water partition coefficient (Wildman–Crippen LogP) is 1.86. The van der Waals surface area contributed by atoms with Crippen LogP contribution in [-0.2, 0) is 23.9 Å². The zero-order valence-electron chi connectivity index (χ0n) is 16.7. The number of hydrogen-bond donors (Lipinski definition) is 3. The second-order valence-electron chi connectivity index (χ2n) is 7.37. The molecule has 1 aromatic rings. The van der Waals surface area contributed by atoms with Crippen molar-refractivity contribution in [2.75, 3.05) is 18.5 Å². The highest BCUT2D eigenvalue weighted by atomic mass is 16.5. The smallest absolute Gasteiger partial charge is 0.347 e. The molecule has 1 saturated carbocycles. The molecule has 0 spiro atoms. The van der Waals surface area contributed by atoms with Gasteiger partial charge >= 0.3 is 12.0 Å². The van der Waals surface area contributed by atoms with Crippen LogP contribution in [0.15, 0.2) is 41.8 Å². The van der Waals surface area contributed by atoms with Gasteiger partial charge in [0.1, 0.15) is 0 Å². The Balaban J connectivity index is 1.50. The number of anilines is 1. The van der Waals surface area contributed by atoms with Crippen molar-refractivity contribution in [1.29, 1.82) is 0 Å². The van der Waals surface area contributed by atoms with E-state index in [0.29, 0.717) is 11.6 Å². The Hall–Kier alpha value is -3.36. The zero-order valence-corrected chi connectivity index (χ0v) is 16.7. The van der Waals surface area contributed by atoms with Crippen LogP contribution in [0.3, 0.4) is 0 Å². The first-order chi connectivity index (χ1) is 14.4. The van der Waals surface area contributed by atoms with Crippen LogP contribution in [0.5, 0.6) is 0 Å². The third kappa shape index (κ3) is 5.59. The molecule has 9 heteroatoms. The number of Topliss-reactive ketones (excluding diaryl/α,β-unsaturated/α-hetero) is 1. The number of ketones is 1. The summed E-state index contributed by atoms with van der Waals surface area (Å²) in [5.41, 5.74) is 0.325. The fourth-order valence-corrected chi connectivity index (χ4v) is 3.47. The Morgan fingerprint density at radius 3 is 2.60 bits per heavy atom. The summed E-state index contributed by atoms with van der Waals surface area (Å²) in [7, 11) is 0. The summed E-state index contributed by atoms with van der Waals surface area (Å²) in [5.74, 6) is -2.02. The molecule has 3 N–H and O–H groups in total. The van der Waals surface area contributed by atoms with Gasteiger partial charge in [0.15, 0.2) is 18.8 Å². The summed E-state index contributed by atoms with van der Waals surface area (Å²) >= 11 is 0. The van der Waals surface area contributed by atoms with E-state index in [1.807, 2.05) is 6.07 Å². The Morgan fingerprint density at radius 2 is 1.87 bits per heavy atom. The van der Waals surface area contributed by atoms with Gasteiger partial charge in [-0.25, -0.2) is 9.59 Å². The Bertz CT molecular complexity index is 852. The van der Waals surface area contributed by atoms with E-state index in [1.54, 1.807) is 24.3 Å². The lowest BCUT2D eigenvalue weighted by molar-refractivity contribution is -0.145. The molecule has 2 aliphatic rings. The average Bonchev–Trinajstić information content (AvgIpc) is 3.08. The van der Waals surface area contributed by atoms with Crippen molar-refractivity contribution in [1.82, 2.24) is 10.6 Å². The minimum absolute atomic E-state index is 0.0131. The number of para-hydroxylation sites is 1. The number of carbonyl (C=O) groups is 4. The van der Waals surface area contributed by atoms with Crippen LogP contribution in [0.1, 0.15) is 32.6 Å². The highest BCUT2D eigenvalue weighted by Gasteiger charge is 2.33. The second kappa shape index (κ2) is 9.91. The number of ether oxygens (including phenoxy) is 2. The molecule has 1 aliphatic carbocycles. The standard InChI is InChI=1S/C21H25N3O6/c1-13-7-5-6-10-15(13)23-21(28)24-17(26)12-30-20(27)18-16(25)11-29-19(18)22-14-8-3-2-4-9-14/h2-4,8-9,13,15,22H,5-7,10-12H2,1H3,(H2,23,24,26,28)/t13-,15+/m1/s1. The van der Waals surface area contributed by atoms with Gasteiger partial charge < -0.3 is 20.1 Å². The highest BCUT2D eigenvalue weighted by molar-refractivity contribution is 6.20. The van der Waals surface area contributed by atoms with E-state index in [-0.39, 0.29) is 24.1 Å². The van der Waals surface area contributed by atoms with Crippen molar-refractivity contribution in [2.24, 2.45) is 5.92 Å². The number of carbonyl (C=O) groups excluding carboxylic acids is 4. The van der Waals surface area contributed by atoms with E-state index >= 15 is 0 Å². The zero-order chi connectivity index (χ0) is 21.5. The van der Waals surface area contributed by atoms with E-state index in [9.17, 15) is 19.2 Å². The number of imide groups is 1. The van der Waals surface area contributed by atoms with Crippen molar-refractivity contribution in [3.05, 3.63) is 41.8 Å². The summed E-state index contributed by atoms with van der Waals surface area (Å²) in [6.07, 6.45) is 4.06. The van der Waals surface area contributed by atoms with Gasteiger partial charge in [-0.3, -0.25) is 14.9 Å². The molecule has 9 nitrogen and oxygen atoms in total. The third-order valence-corrected chi connectivity index (χ3v) is 5.10. The molecule has 0 unspecified atom stereocenters. The number of urea groups is 1. The van der Waals surface area contributed by atoms with E-state index in [4.69, 9.17) is 9.47 Å². The molecule has 0 radical (unpaired) electrons. The highest BCUT2D eigenvalue weighted by Crippen LogP contribution is 2.23. The molecular formula is C21H25N3O6. The fourth-order valence-electron chi connectivity index (χ4n) is 3.47. The van der Waals surface area contributed by atoms with Gasteiger partial charge in [0.25, 0.3) is 5.91 Å². The Labute approximate surface area is 174 Å². The molecule has 30 heavy (non-hydrogen) atoms. The molecule has 2 atom stereocenters. The normalized spacial score (nSPS) is 20.9. The first-order valence-electron chi connectivity index (χ1n) is 9.94. The molecule has 0 bridgehead atoms. The lowest BCUT2D eigenvalue weighted by Crippen LogP contribution is -2.48. The van der Waals surface area contributed by atoms with Crippen molar-refractivity contribution in [3.8, 4) is 0 Å². The summed E-state index contributed by atoms with van der Waals surface area (Å²) in [4.78, 5) is 48.3. The second-order valence-corrected chi connectivity index (χ2v) is 7.37. The first kappa shape index (κ1) is 21.4. The molecule has 3 amide bonds. The van der Waals surface area contributed by atoms with Crippen LogP contribution in [0.2, 0.25) is 0 Å². The van der Waals surface area contributed by atoms with Crippen molar-refractivity contribution in [3.63, 3.8) is 0 Å². The van der Waals surface area contributed by atoms with E-state index < -0.39 is 30.3 Å². The third-order valence-electron chi connectivity index (χ3n) is 5.10. The molecule has 1 aromatic carbocycles. The Morgan fingerprint density at radius 1 is 1.13 bits per heavy atom. The molecule has 1 heterocycles. The first-order valence-corrected chi connectivity index (χ1v) is 9.94. The van der Waals surface area contributed by atoms with Crippen LogP contribution in [0.25, 0.3) is 0 Å². The van der Waals surface area contributed by atoms with Crippen molar-refractivity contribution >= 4 is 29.4 Å². The fraction of sp³-hybridized carbons (Fsp3) is 0.429. The topological polar surface area (TPSA) is 123 Å². The number of benzene rings is 1. The molecule has 3 rings (SSSR count). The van der Waals surface area contributed by atoms with Crippen LogP contribution >= 0.6 is 0 Å². The number of nitrogens with one attached hydrogen (secondary N) is 3. The lowest BCUT2D eigenvalue weighted by Gasteiger charge is -2.29. The molecule has 1 fully saturated rings. The number of amides is 3. The molecule has 1 aliphatic heterocycles. The summed E-state index contributed by atoms with van der Waals surface area (Å²) in [6.45, 7) is 1.07. The summed E-state index contributed by atoms with van der Waals surface area (Å²) < 4.78 is 10.1. The largest absolute Gasteiger partial charge is 0.470 e. The SMILES string of the molecule is C[C@@H]1CCCC[C@@H]1NC(=O)NC(=O)COC(=O)C1=C(Nc2ccccc2)OCC1=O. The molecular weight excluding hydrogens is 390 g/mol. The maximum Gasteiger partial charge on any atom is 0.347 e. The Kier molecular flexibility index (Phi) is 7.05. The minimum atomic E-state index is -0.993. The van der Waals surface area contributed by atoms with Crippen molar-refractivity contribution < 1.29 is 28.7 Å². The van der Waals surface area contributed by atoms with Crippen LogP contribution in [0, 0.1) is 5.92 Å². The quantitative estimate of drug-likeness (QED) is 0.479. The minimum Gasteiger partial charge on any atom is -0.470 e. The maximum absolute atomic E-state index is 12.3. The monoisotopic (exact) mass is 415 g/mol. The average molecular weight is 415 g/mol. The van der Waals surface area contributed by atoms with Gasteiger partial charge in [-0.05, 0) is 30.9 Å². The van der Waals surface area contributed by atoms with Gasteiger partial charge in [0.05, 0.1) is 0 Å². The van der Waals surface area contributed by atoms with Crippen LogP contribution < -0.4 is 16.0 Å². The predicted molar refractivity (Wildman–Crippen MR) is 107 cm³/mol. The maximum atomic E-state index is 12.3. The van der Waals surface area contributed by atoms with Crippen LogP contribution in [-0.4, -0.2) is 42.9 Å². The lowest BCUT2D eigenvalue weighted by atomic mass is 9.86. The van der Waals surface area contributed by atoms with Gasteiger partial charge in [0.2, 0.25) is 11.7 Å². The van der Waals surface area contributed by atoms with Gasteiger partial charge in [-0.15, -0.1) is 0 Å². The number of rotatable bonds is 6. The van der Waals surface area contributed by atoms with Crippen molar-refractivity contribution in [2.45, 2.75) is 38.6 Å². The molecule has 0 saturated heterocycles. The van der Waals surface area contributed by atoms with Crippen LogP contribution in [0.4, 0.5) is 10.5 Å². The van der Waals surface area contributed by atoms with Gasteiger partial charge in [0, 0.05) is 11.7 Å². The summed E-state index contributed by atoms with van der Waals surface area (Å²) in [5, 5.41) is 7.76. The van der Waals surface area contributed by atoms with E-state index in [1.165, 1.54) is 0 Å². The van der Waals surface area contributed by atoms with Gasteiger partial charge in [-0.1, -0.05) is 38.0 Å². The van der Waals surface area contributed by atoms with E-state index in [0.717, 1.165) is 25.7 Å².